The van der Waals surface area contributed by atoms with Gasteiger partial charge >= 0.3 is 11.9 Å². The third-order valence-corrected chi connectivity index (χ3v) is 5.64. The third kappa shape index (κ3) is 5.30. The van der Waals surface area contributed by atoms with Gasteiger partial charge in [0.25, 0.3) is 0 Å². The lowest BCUT2D eigenvalue weighted by Gasteiger charge is -2.13. The van der Waals surface area contributed by atoms with Gasteiger partial charge in [0.1, 0.15) is 9.88 Å². The van der Waals surface area contributed by atoms with Crippen LogP contribution >= 0.6 is 39.5 Å². The first kappa shape index (κ1) is 22.3. The van der Waals surface area contributed by atoms with E-state index in [9.17, 15) is 9.59 Å². The Kier molecular flexibility index (Phi) is 7.97. The van der Waals surface area contributed by atoms with Crippen molar-refractivity contribution in [3.8, 4) is 0 Å². The number of rotatable bonds is 6. The molecule has 6 nitrogen and oxygen atoms in total. The third-order valence-electron chi connectivity index (χ3n) is 3.75. The summed E-state index contributed by atoms with van der Waals surface area (Å²) in [6.45, 7) is 7.57. The predicted molar refractivity (Wildman–Crippen MR) is 120 cm³/mol. The molecule has 2 aromatic rings. The molecule has 0 aliphatic heterocycles. The molecule has 1 heterocycles. The van der Waals surface area contributed by atoms with Gasteiger partial charge in [0.15, 0.2) is 5.11 Å². The highest BCUT2D eigenvalue weighted by atomic mass is 79.9. The number of hydrogen-bond acceptors (Lipinski definition) is 6. The Morgan fingerprint density at radius 3 is 2.36 bits per heavy atom. The maximum absolute atomic E-state index is 12.4. The zero-order valence-corrected chi connectivity index (χ0v) is 19.2. The van der Waals surface area contributed by atoms with Gasteiger partial charge in [-0.2, -0.15) is 0 Å². The van der Waals surface area contributed by atoms with Crippen LogP contribution in [0.25, 0.3) is 0 Å². The minimum atomic E-state index is -0.517. The molecule has 1 aromatic carbocycles. The van der Waals surface area contributed by atoms with Crippen molar-refractivity contribution in [3.63, 3.8) is 0 Å². The predicted octanol–water partition coefficient (Wildman–Crippen LogP) is 5.29. The van der Waals surface area contributed by atoms with Crippen molar-refractivity contribution >= 4 is 67.2 Å². The van der Waals surface area contributed by atoms with E-state index in [0.29, 0.717) is 20.6 Å². The monoisotopic (exact) mass is 484 g/mol. The van der Waals surface area contributed by atoms with Crippen molar-refractivity contribution in [3.05, 3.63) is 44.2 Å². The van der Waals surface area contributed by atoms with E-state index in [0.717, 1.165) is 27.1 Å². The number of ether oxygens (including phenoxy) is 2. The van der Waals surface area contributed by atoms with Gasteiger partial charge in [-0.05, 0) is 69.2 Å². The SMILES string of the molecule is CCOC(=O)c1sc(NC(=S)Nc2ccc(Br)cc2C)c(C(=O)OCC)c1C. The lowest BCUT2D eigenvalue weighted by molar-refractivity contribution is 0.0527. The average molecular weight is 485 g/mol. The summed E-state index contributed by atoms with van der Waals surface area (Å²) in [5.41, 5.74) is 2.62. The molecule has 0 bridgehead atoms. The number of nitrogens with one attached hydrogen (secondary N) is 2. The summed E-state index contributed by atoms with van der Waals surface area (Å²) in [6, 6.07) is 5.75. The summed E-state index contributed by atoms with van der Waals surface area (Å²) in [4.78, 5) is 25.0. The van der Waals surface area contributed by atoms with Crippen molar-refractivity contribution in [2.45, 2.75) is 27.7 Å². The molecule has 2 rings (SSSR count). The topological polar surface area (TPSA) is 76.7 Å². The van der Waals surface area contributed by atoms with Gasteiger partial charge in [0, 0.05) is 10.2 Å². The van der Waals surface area contributed by atoms with Crippen molar-refractivity contribution in [2.24, 2.45) is 0 Å². The second-order valence-electron chi connectivity index (χ2n) is 5.74. The number of thiophene rings is 1. The van der Waals surface area contributed by atoms with E-state index in [1.807, 2.05) is 25.1 Å². The summed E-state index contributed by atoms with van der Waals surface area (Å²) in [5.74, 6) is -0.997. The Balaban J connectivity index is 2.31. The molecule has 150 valence electrons. The molecule has 2 N–H and O–H groups in total. The van der Waals surface area contributed by atoms with Gasteiger partial charge in [-0.15, -0.1) is 11.3 Å². The quantitative estimate of drug-likeness (QED) is 0.425. The molecule has 0 amide bonds. The van der Waals surface area contributed by atoms with Gasteiger partial charge in [0.2, 0.25) is 0 Å². The van der Waals surface area contributed by atoms with Crippen molar-refractivity contribution < 1.29 is 19.1 Å². The Hall–Kier alpha value is -1.97. The highest BCUT2D eigenvalue weighted by Gasteiger charge is 2.26. The van der Waals surface area contributed by atoms with Gasteiger partial charge in [-0.1, -0.05) is 15.9 Å². The standard InChI is InChI=1S/C19H21BrN2O4S2/c1-5-25-17(23)14-11(4)15(18(24)26-6-2)28-16(14)22-19(27)21-13-8-7-12(20)9-10(13)3/h7-9H,5-6H2,1-4H3,(H2,21,22,27). The van der Waals surface area contributed by atoms with Crippen LogP contribution in [0.3, 0.4) is 0 Å². The van der Waals surface area contributed by atoms with Crippen LogP contribution in [0.5, 0.6) is 0 Å². The van der Waals surface area contributed by atoms with Crippen LogP contribution in [-0.4, -0.2) is 30.3 Å². The van der Waals surface area contributed by atoms with Crippen LogP contribution in [0, 0.1) is 13.8 Å². The van der Waals surface area contributed by atoms with E-state index in [1.165, 1.54) is 0 Å². The largest absolute Gasteiger partial charge is 0.462 e. The maximum Gasteiger partial charge on any atom is 0.348 e. The molecule has 0 fully saturated rings. The van der Waals surface area contributed by atoms with Crippen LogP contribution in [0.2, 0.25) is 0 Å². The molecule has 0 radical (unpaired) electrons. The first-order valence-electron chi connectivity index (χ1n) is 8.60. The number of anilines is 2. The molecule has 0 saturated heterocycles. The molecule has 9 heteroatoms. The highest BCUT2D eigenvalue weighted by molar-refractivity contribution is 9.10. The first-order chi connectivity index (χ1) is 13.3. The molecule has 0 atom stereocenters. The summed E-state index contributed by atoms with van der Waals surface area (Å²) in [5, 5.41) is 6.86. The minimum absolute atomic E-state index is 0.225. The first-order valence-corrected chi connectivity index (χ1v) is 10.6. The van der Waals surface area contributed by atoms with Crippen LogP contribution in [-0.2, 0) is 9.47 Å². The van der Waals surface area contributed by atoms with Crippen LogP contribution < -0.4 is 10.6 Å². The number of halogens is 1. The number of carbonyl (C=O) groups excluding carboxylic acids is 2. The van der Waals surface area contributed by atoms with Crippen LogP contribution in [0.1, 0.15) is 45.0 Å². The smallest absolute Gasteiger partial charge is 0.348 e. The molecule has 0 saturated carbocycles. The van der Waals surface area contributed by atoms with E-state index >= 15 is 0 Å². The van der Waals surface area contributed by atoms with E-state index < -0.39 is 11.9 Å². The van der Waals surface area contributed by atoms with Crippen LogP contribution in [0.4, 0.5) is 10.7 Å². The number of benzene rings is 1. The number of hydrogen-bond donors (Lipinski definition) is 2. The van der Waals surface area contributed by atoms with Crippen molar-refractivity contribution in [1.29, 1.82) is 0 Å². The number of thiocarbonyl (C=S) groups is 1. The number of carbonyl (C=O) groups is 2. The van der Waals surface area contributed by atoms with Gasteiger partial charge < -0.3 is 20.1 Å². The molecule has 0 aliphatic rings. The number of aryl methyl sites for hydroxylation is 1. The van der Waals surface area contributed by atoms with Gasteiger partial charge in [0.05, 0.1) is 18.8 Å². The lowest BCUT2D eigenvalue weighted by atomic mass is 10.1. The lowest BCUT2D eigenvalue weighted by Crippen LogP contribution is -2.20. The van der Waals surface area contributed by atoms with E-state index in [-0.39, 0.29) is 18.8 Å². The molecular weight excluding hydrogens is 464 g/mol. The summed E-state index contributed by atoms with van der Waals surface area (Å²) < 4.78 is 11.2. The summed E-state index contributed by atoms with van der Waals surface area (Å²) in [7, 11) is 0. The highest BCUT2D eigenvalue weighted by Crippen LogP contribution is 2.34. The van der Waals surface area contributed by atoms with Gasteiger partial charge in [-0.3, -0.25) is 0 Å². The summed E-state index contributed by atoms with van der Waals surface area (Å²) in [6.07, 6.45) is 0. The van der Waals surface area contributed by atoms with Gasteiger partial charge in [-0.25, -0.2) is 9.59 Å². The zero-order valence-electron chi connectivity index (χ0n) is 16.0. The molecule has 0 unspecified atom stereocenters. The second-order valence-corrected chi connectivity index (χ2v) is 8.08. The van der Waals surface area contributed by atoms with Crippen LogP contribution in [0.15, 0.2) is 22.7 Å². The van der Waals surface area contributed by atoms with E-state index in [4.69, 9.17) is 21.7 Å². The Bertz CT molecular complexity index is 912. The fourth-order valence-corrected chi connectivity index (χ4v) is 4.31. The normalized spacial score (nSPS) is 10.3. The molecule has 1 aromatic heterocycles. The average Bonchev–Trinajstić information content (AvgIpc) is 2.94. The summed E-state index contributed by atoms with van der Waals surface area (Å²) >= 11 is 9.93. The second kappa shape index (κ2) is 9.99. The number of esters is 2. The molecule has 0 aliphatic carbocycles. The molecule has 28 heavy (non-hydrogen) atoms. The maximum atomic E-state index is 12.4. The van der Waals surface area contributed by atoms with Crippen molar-refractivity contribution in [1.82, 2.24) is 0 Å². The minimum Gasteiger partial charge on any atom is -0.462 e. The van der Waals surface area contributed by atoms with E-state index in [2.05, 4.69) is 26.6 Å². The molecular formula is C19H21BrN2O4S2. The Morgan fingerprint density at radius 2 is 1.75 bits per heavy atom. The van der Waals surface area contributed by atoms with E-state index in [1.54, 1.807) is 20.8 Å². The molecule has 0 spiro atoms. The Morgan fingerprint density at radius 1 is 1.11 bits per heavy atom. The fraction of sp³-hybridized carbons (Fsp3) is 0.316. The Labute approximate surface area is 181 Å². The zero-order chi connectivity index (χ0) is 20.8. The van der Waals surface area contributed by atoms with Crippen molar-refractivity contribution in [2.75, 3.05) is 23.8 Å². The fourth-order valence-electron chi connectivity index (χ4n) is 2.47.